The third kappa shape index (κ3) is 3.32. The van der Waals surface area contributed by atoms with Gasteiger partial charge in [0.25, 0.3) is 0 Å². The first-order valence-corrected chi connectivity index (χ1v) is 9.55. The van der Waals surface area contributed by atoms with Crippen molar-refractivity contribution < 1.29 is 17.7 Å². The number of sulfonamides is 1. The lowest BCUT2D eigenvalue weighted by Crippen LogP contribution is -2.35. The third-order valence-electron chi connectivity index (χ3n) is 4.36. The van der Waals surface area contributed by atoms with E-state index in [2.05, 4.69) is 5.16 Å². The summed E-state index contributed by atoms with van der Waals surface area (Å²) in [5, 5.41) is 4.06. The second kappa shape index (κ2) is 6.94. The quantitative estimate of drug-likeness (QED) is 0.846. The number of nitrogens with zero attached hydrogens (tertiary/aromatic N) is 2. The summed E-state index contributed by atoms with van der Waals surface area (Å²) >= 11 is 0. The van der Waals surface area contributed by atoms with Crippen molar-refractivity contribution in [1.29, 1.82) is 0 Å². The van der Waals surface area contributed by atoms with Crippen LogP contribution in [0, 0.1) is 6.92 Å². The Balaban J connectivity index is 1.97. The van der Waals surface area contributed by atoms with Crippen LogP contribution in [-0.2, 0) is 10.0 Å². The summed E-state index contributed by atoms with van der Waals surface area (Å²) in [4.78, 5) is 0.274. The number of benzene rings is 1. The van der Waals surface area contributed by atoms with E-state index in [9.17, 15) is 8.42 Å². The van der Waals surface area contributed by atoms with E-state index in [-0.39, 0.29) is 10.9 Å². The molecule has 1 aromatic carbocycles. The highest BCUT2D eigenvalue weighted by Crippen LogP contribution is 2.34. The number of hydrogen-bond acceptors (Lipinski definition) is 5. The van der Waals surface area contributed by atoms with Gasteiger partial charge in [0.2, 0.25) is 10.0 Å². The fourth-order valence-electron chi connectivity index (χ4n) is 3.09. The van der Waals surface area contributed by atoms with Crippen LogP contribution in [0.5, 0.6) is 5.75 Å². The highest BCUT2D eigenvalue weighted by atomic mass is 32.2. The van der Waals surface area contributed by atoms with Gasteiger partial charge in [0.1, 0.15) is 17.2 Å². The Hall–Kier alpha value is -1.86. The highest BCUT2D eigenvalue weighted by molar-refractivity contribution is 7.89. The zero-order valence-electron chi connectivity index (χ0n) is 13.9. The summed E-state index contributed by atoms with van der Waals surface area (Å²) in [7, 11) is -2.05. The number of aromatic nitrogens is 1. The zero-order chi connectivity index (χ0) is 17.2. The Morgan fingerprint density at radius 1 is 1.21 bits per heavy atom. The van der Waals surface area contributed by atoms with E-state index >= 15 is 0 Å². The van der Waals surface area contributed by atoms with Gasteiger partial charge in [-0.3, -0.25) is 0 Å². The molecule has 0 N–H and O–H groups in total. The molecule has 1 saturated heterocycles. The maximum absolute atomic E-state index is 13.2. The maximum Gasteiger partial charge on any atom is 0.243 e. The predicted molar refractivity (Wildman–Crippen MR) is 89.3 cm³/mol. The molecule has 1 aromatic heterocycles. The molecule has 130 valence electrons. The second-order valence-electron chi connectivity index (χ2n) is 6.02. The van der Waals surface area contributed by atoms with Crippen LogP contribution in [0.1, 0.15) is 43.2 Å². The van der Waals surface area contributed by atoms with E-state index in [4.69, 9.17) is 9.26 Å². The van der Waals surface area contributed by atoms with E-state index in [1.54, 1.807) is 35.7 Å². The Morgan fingerprint density at radius 2 is 1.96 bits per heavy atom. The summed E-state index contributed by atoms with van der Waals surface area (Å²) in [5.41, 5.74) is 0.687. The minimum absolute atomic E-state index is 0.274. The van der Waals surface area contributed by atoms with E-state index in [0.717, 1.165) is 25.7 Å². The zero-order valence-corrected chi connectivity index (χ0v) is 14.8. The number of hydrogen-bond donors (Lipinski definition) is 0. The summed E-state index contributed by atoms with van der Waals surface area (Å²) in [6.45, 7) is 2.31. The van der Waals surface area contributed by atoms with Gasteiger partial charge >= 0.3 is 0 Å². The Labute approximate surface area is 142 Å². The smallest absolute Gasteiger partial charge is 0.243 e. The first kappa shape index (κ1) is 17.0. The fraction of sp³-hybridized carbons (Fsp3) is 0.471. The molecule has 0 amide bonds. The molecule has 1 atom stereocenters. The lowest BCUT2D eigenvalue weighted by atomic mass is 10.1. The van der Waals surface area contributed by atoms with Crippen molar-refractivity contribution in [2.24, 2.45) is 0 Å². The molecule has 1 fully saturated rings. The first-order chi connectivity index (χ1) is 11.5. The molecule has 1 aliphatic heterocycles. The molecule has 0 radical (unpaired) electrons. The van der Waals surface area contributed by atoms with Crippen molar-refractivity contribution in [1.82, 2.24) is 9.46 Å². The summed E-state index contributed by atoms with van der Waals surface area (Å²) < 4.78 is 38.2. The summed E-state index contributed by atoms with van der Waals surface area (Å²) in [5.74, 6) is 1.32. The maximum atomic E-state index is 13.2. The van der Waals surface area contributed by atoms with Crippen LogP contribution in [0.2, 0.25) is 0 Å². The molecule has 0 saturated carbocycles. The molecule has 0 aliphatic carbocycles. The van der Waals surface area contributed by atoms with Gasteiger partial charge in [0.15, 0.2) is 0 Å². The molecular weight excluding hydrogens is 328 g/mol. The molecular formula is C17H22N2O4S. The molecule has 6 nitrogen and oxygen atoms in total. The van der Waals surface area contributed by atoms with Gasteiger partial charge in [-0.15, -0.1) is 0 Å². The third-order valence-corrected chi connectivity index (χ3v) is 6.28. The van der Waals surface area contributed by atoms with Crippen LogP contribution in [0.4, 0.5) is 0 Å². The normalized spacial score (nSPS) is 19.8. The van der Waals surface area contributed by atoms with Crippen LogP contribution >= 0.6 is 0 Å². The predicted octanol–water partition coefficient (Wildman–Crippen LogP) is 3.30. The first-order valence-electron chi connectivity index (χ1n) is 8.11. The van der Waals surface area contributed by atoms with Gasteiger partial charge in [-0.05, 0) is 44.0 Å². The van der Waals surface area contributed by atoms with Gasteiger partial charge in [-0.2, -0.15) is 4.31 Å². The van der Waals surface area contributed by atoms with Gasteiger partial charge in [-0.25, -0.2) is 8.42 Å². The summed E-state index contributed by atoms with van der Waals surface area (Å²) in [6, 6.07) is 8.05. The topological polar surface area (TPSA) is 72.6 Å². The molecule has 2 heterocycles. The summed E-state index contributed by atoms with van der Waals surface area (Å²) in [6.07, 6.45) is 3.59. The van der Waals surface area contributed by atoms with E-state index in [1.807, 2.05) is 13.0 Å². The van der Waals surface area contributed by atoms with Crippen molar-refractivity contribution in [2.75, 3.05) is 13.7 Å². The van der Waals surface area contributed by atoms with Gasteiger partial charge < -0.3 is 9.26 Å². The van der Waals surface area contributed by atoms with Crippen LogP contribution in [-0.4, -0.2) is 31.5 Å². The van der Waals surface area contributed by atoms with Crippen molar-refractivity contribution in [2.45, 2.75) is 43.5 Å². The number of ether oxygens (including phenoxy) is 1. The lowest BCUT2D eigenvalue weighted by molar-refractivity contribution is 0.304. The van der Waals surface area contributed by atoms with E-state index in [1.165, 1.54) is 0 Å². The molecule has 2 aromatic rings. The van der Waals surface area contributed by atoms with Crippen LogP contribution in [0.25, 0.3) is 0 Å². The second-order valence-corrected chi connectivity index (χ2v) is 7.91. The largest absolute Gasteiger partial charge is 0.497 e. The van der Waals surface area contributed by atoms with Gasteiger partial charge in [0.05, 0.1) is 18.0 Å². The van der Waals surface area contributed by atoms with Crippen LogP contribution in [0.3, 0.4) is 0 Å². The lowest BCUT2D eigenvalue weighted by Gasteiger charge is -2.27. The van der Waals surface area contributed by atoms with Gasteiger partial charge in [-0.1, -0.05) is 18.0 Å². The SMILES string of the molecule is COc1ccc(S(=O)(=O)N2CCCCCC2c2cc(C)on2)cc1. The molecule has 1 unspecified atom stereocenters. The Kier molecular flexibility index (Phi) is 4.91. The van der Waals surface area contributed by atoms with Crippen molar-refractivity contribution in [3.8, 4) is 5.75 Å². The minimum Gasteiger partial charge on any atom is -0.497 e. The molecule has 0 spiro atoms. The van der Waals surface area contributed by atoms with Crippen LogP contribution < -0.4 is 4.74 Å². The van der Waals surface area contributed by atoms with E-state index < -0.39 is 10.0 Å². The molecule has 3 rings (SSSR count). The van der Waals surface area contributed by atoms with E-state index in [0.29, 0.717) is 23.7 Å². The molecule has 0 bridgehead atoms. The minimum atomic E-state index is -3.60. The standard InChI is InChI=1S/C17H22N2O4S/c1-13-12-16(18-23-13)17-6-4-3-5-11-19(17)24(20,21)15-9-7-14(22-2)8-10-15/h7-10,12,17H,3-6,11H2,1-2H3. The average molecular weight is 350 g/mol. The molecule has 1 aliphatic rings. The van der Waals surface area contributed by atoms with Crippen molar-refractivity contribution in [3.05, 3.63) is 41.8 Å². The fourth-order valence-corrected chi connectivity index (χ4v) is 4.76. The Morgan fingerprint density at radius 3 is 2.58 bits per heavy atom. The number of aryl methyl sites for hydroxylation is 1. The highest BCUT2D eigenvalue weighted by Gasteiger charge is 2.35. The van der Waals surface area contributed by atoms with Crippen molar-refractivity contribution in [3.63, 3.8) is 0 Å². The monoisotopic (exact) mass is 350 g/mol. The molecule has 7 heteroatoms. The van der Waals surface area contributed by atoms with Crippen molar-refractivity contribution >= 4 is 10.0 Å². The molecule has 24 heavy (non-hydrogen) atoms. The average Bonchev–Trinajstić information content (AvgIpc) is 2.86. The number of rotatable bonds is 4. The van der Waals surface area contributed by atoms with Crippen LogP contribution in [0.15, 0.2) is 39.8 Å². The Bertz CT molecular complexity index is 783. The van der Waals surface area contributed by atoms with Gasteiger partial charge in [0, 0.05) is 12.6 Å². The number of methoxy groups -OCH3 is 1.